The average Bonchev–Trinajstić information content (AvgIpc) is 2.85. The molecular weight excluding hydrogens is 330 g/mol. The molecule has 2 aromatic rings. The molecule has 0 unspecified atom stereocenters. The molecule has 0 aromatic carbocycles. The van der Waals surface area contributed by atoms with Gasteiger partial charge in [0.25, 0.3) is 5.91 Å². The molecular formula is C16H15N3O2S2. The van der Waals surface area contributed by atoms with E-state index < -0.39 is 5.91 Å². The van der Waals surface area contributed by atoms with Gasteiger partial charge in [-0.25, -0.2) is 4.98 Å². The number of hydrogen-bond donors (Lipinski definition) is 3. The van der Waals surface area contributed by atoms with Crippen molar-refractivity contribution in [2.45, 2.75) is 19.8 Å². The number of pyridine rings is 1. The van der Waals surface area contributed by atoms with E-state index in [1.807, 2.05) is 0 Å². The fourth-order valence-electron chi connectivity index (χ4n) is 2.54. The van der Waals surface area contributed by atoms with Gasteiger partial charge in [-0.15, -0.1) is 24.0 Å². The molecule has 1 aliphatic rings. The number of ether oxygens (including phenoxy) is 1. The molecule has 0 radical (unpaired) electrons. The summed E-state index contributed by atoms with van der Waals surface area (Å²) in [6, 6.07) is 3.20. The van der Waals surface area contributed by atoms with Crippen molar-refractivity contribution in [2.75, 3.05) is 0 Å². The van der Waals surface area contributed by atoms with E-state index in [2.05, 4.69) is 24.5 Å². The van der Waals surface area contributed by atoms with Gasteiger partial charge in [-0.05, 0) is 43.0 Å². The van der Waals surface area contributed by atoms with Gasteiger partial charge in [-0.3, -0.25) is 4.79 Å². The summed E-state index contributed by atoms with van der Waals surface area (Å²) in [6.07, 6.45) is 4.53. The molecule has 1 amide bonds. The molecule has 0 bridgehead atoms. The predicted octanol–water partition coefficient (Wildman–Crippen LogP) is 3.58. The van der Waals surface area contributed by atoms with E-state index in [0.29, 0.717) is 5.75 Å². The lowest BCUT2D eigenvalue weighted by Crippen LogP contribution is -2.12. The molecule has 0 spiro atoms. The summed E-state index contributed by atoms with van der Waals surface area (Å²) < 4.78 is 5.94. The summed E-state index contributed by atoms with van der Waals surface area (Å²) in [5.74, 6) is -0.0424. The summed E-state index contributed by atoms with van der Waals surface area (Å²) in [7, 11) is 0. The second kappa shape index (κ2) is 6.17. The number of carbonyl (C=O) groups excluding carboxylic acids is 1. The summed E-state index contributed by atoms with van der Waals surface area (Å²) in [5, 5.41) is 8.24. The molecule has 2 aromatic heterocycles. The molecule has 3 N–H and O–H groups in total. The zero-order valence-electron chi connectivity index (χ0n) is 12.4. The van der Waals surface area contributed by atoms with Crippen molar-refractivity contribution >= 4 is 41.0 Å². The van der Waals surface area contributed by atoms with Gasteiger partial charge in [-0.2, -0.15) is 0 Å². The second-order valence-corrected chi connectivity index (χ2v) is 6.80. The molecule has 0 saturated carbocycles. The van der Waals surface area contributed by atoms with Crippen LogP contribution in [0.1, 0.15) is 32.9 Å². The number of aryl methyl sites for hydroxylation is 1. The van der Waals surface area contributed by atoms with Crippen LogP contribution in [-0.2, 0) is 6.42 Å². The normalized spacial score (nSPS) is 13.7. The van der Waals surface area contributed by atoms with Crippen molar-refractivity contribution in [1.82, 2.24) is 4.98 Å². The largest absolute Gasteiger partial charge is 0.444 e. The molecule has 0 saturated heterocycles. The smallest absolute Gasteiger partial charge is 0.267 e. The van der Waals surface area contributed by atoms with E-state index in [1.54, 1.807) is 17.4 Å². The quantitative estimate of drug-likeness (QED) is 0.584. The molecule has 0 fully saturated rings. The number of thiol groups is 1. The Hall–Kier alpha value is -2.12. The highest BCUT2D eigenvalue weighted by Crippen LogP contribution is 2.47. The molecule has 2 heterocycles. The Bertz CT molecular complexity index is 823. The first-order valence-electron chi connectivity index (χ1n) is 7.00. The lowest BCUT2D eigenvalue weighted by atomic mass is 9.94. The Labute approximate surface area is 143 Å². The average molecular weight is 345 g/mol. The number of nitrogens with two attached hydrogens (primary N) is 1. The van der Waals surface area contributed by atoms with Crippen LogP contribution in [0, 0.1) is 12.3 Å². The van der Waals surface area contributed by atoms with Crippen LogP contribution < -0.4 is 10.5 Å². The third-order valence-electron chi connectivity index (χ3n) is 3.74. The highest BCUT2D eigenvalue weighted by atomic mass is 32.1. The third kappa shape index (κ3) is 2.89. The van der Waals surface area contributed by atoms with E-state index in [9.17, 15) is 4.79 Å². The zero-order chi connectivity index (χ0) is 16.6. The van der Waals surface area contributed by atoms with E-state index in [-0.39, 0.29) is 5.69 Å². The Morgan fingerprint density at radius 3 is 2.87 bits per heavy atom. The topological polar surface area (TPSA) is 89.1 Å². The number of primary amides is 1. The van der Waals surface area contributed by atoms with Crippen molar-refractivity contribution in [3.8, 4) is 10.8 Å². The van der Waals surface area contributed by atoms with Crippen molar-refractivity contribution in [3.05, 3.63) is 45.6 Å². The van der Waals surface area contributed by atoms with Crippen LogP contribution in [0.5, 0.6) is 10.8 Å². The van der Waals surface area contributed by atoms with Crippen LogP contribution in [0.4, 0.5) is 0 Å². The Morgan fingerprint density at radius 2 is 2.26 bits per heavy atom. The fraction of sp³-hybridized carbons (Fsp3) is 0.188. The van der Waals surface area contributed by atoms with Gasteiger partial charge >= 0.3 is 0 Å². The maximum atomic E-state index is 11.1. The number of carbonyl (C=O) groups is 1. The first kappa shape index (κ1) is 15.8. The standard InChI is InChI=1S/C16H15N3O2S2/c1-8-11-4-2-9(6-17)14(22)13(11)16(23-8)21-10-3-5-12(15(18)20)19-7-10/h3,5-7,17,22H,2,4H2,1H3,(H2,18,20). The van der Waals surface area contributed by atoms with Gasteiger partial charge in [-0.1, -0.05) is 0 Å². The number of nitrogens with one attached hydrogen (secondary N) is 1. The summed E-state index contributed by atoms with van der Waals surface area (Å²) in [4.78, 5) is 17.0. The van der Waals surface area contributed by atoms with E-state index in [4.69, 9.17) is 15.9 Å². The van der Waals surface area contributed by atoms with Crippen molar-refractivity contribution in [1.29, 1.82) is 5.41 Å². The van der Waals surface area contributed by atoms with E-state index in [0.717, 1.165) is 33.9 Å². The lowest BCUT2D eigenvalue weighted by molar-refractivity contribution is 0.0995. The highest BCUT2D eigenvalue weighted by molar-refractivity contribution is 7.90. The maximum absolute atomic E-state index is 11.1. The molecule has 3 rings (SSSR count). The number of nitrogens with zero attached hydrogens (tertiary/aromatic N) is 1. The predicted molar refractivity (Wildman–Crippen MR) is 94.9 cm³/mol. The minimum Gasteiger partial charge on any atom is -0.444 e. The van der Waals surface area contributed by atoms with Crippen LogP contribution in [-0.4, -0.2) is 17.1 Å². The van der Waals surface area contributed by atoms with Crippen molar-refractivity contribution < 1.29 is 9.53 Å². The minimum absolute atomic E-state index is 0.197. The van der Waals surface area contributed by atoms with Gasteiger partial charge in [0.1, 0.15) is 11.4 Å². The fourth-order valence-corrected chi connectivity index (χ4v) is 4.10. The van der Waals surface area contributed by atoms with Crippen LogP contribution in [0.2, 0.25) is 0 Å². The van der Waals surface area contributed by atoms with Crippen molar-refractivity contribution in [3.63, 3.8) is 0 Å². The Balaban J connectivity index is 1.98. The molecule has 23 heavy (non-hydrogen) atoms. The lowest BCUT2D eigenvalue weighted by Gasteiger charge is -2.16. The number of allylic oxidation sites excluding steroid dienone is 1. The minimum atomic E-state index is -0.572. The number of rotatable bonds is 4. The van der Waals surface area contributed by atoms with E-state index >= 15 is 0 Å². The molecule has 0 atom stereocenters. The van der Waals surface area contributed by atoms with Crippen molar-refractivity contribution in [2.24, 2.45) is 5.73 Å². The number of aromatic nitrogens is 1. The second-order valence-electron chi connectivity index (χ2n) is 5.16. The summed E-state index contributed by atoms with van der Waals surface area (Å²) in [6.45, 7) is 2.06. The SMILES string of the molecule is Cc1sc(Oc2ccc(C(N)=O)nc2)c2c1CCC(C=N)=C2S. The van der Waals surface area contributed by atoms with Crippen LogP contribution >= 0.6 is 24.0 Å². The molecule has 1 aliphatic carbocycles. The first-order chi connectivity index (χ1) is 11.0. The molecule has 5 nitrogen and oxygen atoms in total. The summed E-state index contributed by atoms with van der Waals surface area (Å²) in [5.41, 5.74) is 8.47. The monoisotopic (exact) mass is 345 g/mol. The van der Waals surface area contributed by atoms with Gasteiger partial charge in [0.05, 0.1) is 6.20 Å². The van der Waals surface area contributed by atoms with Gasteiger partial charge in [0.2, 0.25) is 0 Å². The maximum Gasteiger partial charge on any atom is 0.267 e. The third-order valence-corrected chi connectivity index (χ3v) is 5.27. The van der Waals surface area contributed by atoms with Gasteiger partial charge < -0.3 is 15.9 Å². The summed E-state index contributed by atoms with van der Waals surface area (Å²) >= 11 is 6.14. The molecule has 118 valence electrons. The first-order valence-corrected chi connectivity index (χ1v) is 8.26. The number of amides is 1. The van der Waals surface area contributed by atoms with Crippen LogP contribution in [0.25, 0.3) is 4.91 Å². The van der Waals surface area contributed by atoms with Crippen LogP contribution in [0.3, 0.4) is 0 Å². The van der Waals surface area contributed by atoms with Crippen LogP contribution in [0.15, 0.2) is 23.9 Å². The Morgan fingerprint density at radius 1 is 1.48 bits per heavy atom. The van der Waals surface area contributed by atoms with Gasteiger partial charge in [0, 0.05) is 21.6 Å². The van der Waals surface area contributed by atoms with Gasteiger partial charge in [0.15, 0.2) is 5.06 Å². The van der Waals surface area contributed by atoms with E-state index in [1.165, 1.54) is 28.9 Å². The zero-order valence-corrected chi connectivity index (χ0v) is 14.1. The molecule has 0 aliphatic heterocycles. The number of hydrogen-bond acceptors (Lipinski definition) is 6. The highest BCUT2D eigenvalue weighted by Gasteiger charge is 2.25. The number of thiophene rings is 1. The number of fused-ring (bicyclic) bond motifs is 1. The molecule has 7 heteroatoms. The Kier molecular flexibility index (Phi) is 4.23.